The summed E-state index contributed by atoms with van der Waals surface area (Å²) in [6.45, 7) is 4.18. The largest absolute Gasteiger partial charge is 0.354 e. The van der Waals surface area contributed by atoms with Gasteiger partial charge in [-0.2, -0.15) is 0 Å². The van der Waals surface area contributed by atoms with Gasteiger partial charge in [0.15, 0.2) is 0 Å². The lowest BCUT2D eigenvalue weighted by Gasteiger charge is -2.06. The van der Waals surface area contributed by atoms with Crippen LogP contribution in [0.2, 0.25) is 0 Å². The third-order valence-electron chi connectivity index (χ3n) is 3.68. The van der Waals surface area contributed by atoms with Gasteiger partial charge in [0.2, 0.25) is 0 Å². The quantitative estimate of drug-likeness (QED) is 0.670. The van der Waals surface area contributed by atoms with E-state index in [4.69, 9.17) is 0 Å². The van der Waals surface area contributed by atoms with Crippen molar-refractivity contribution in [1.82, 2.24) is 10.3 Å². The number of benzene rings is 2. The van der Waals surface area contributed by atoms with Crippen molar-refractivity contribution in [3.05, 3.63) is 60.2 Å². The molecule has 3 rings (SSSR count). The average Bonchev–Trinajstić information content (AvgIpc) is 2.87. The summed E-state index contributed by atoms with van der Waals surface area (Å²) in [4.78, 5) is 3.58. The Labute approximate surface area is 119 Å². The van der Waals surface area contributed by atoms with Gasteiger partial charge >= 0.3 is 0 Å². The van der Waals surface area contributed by atoms with Gasteiger partial charge in [0, 0.05) is 16.6 Å². The number of rotatable bonds is 5. The van der Waals surface area contributed by atoms with E-state index in [1.165, 1.54) is 27.7 Å². The van der Waals surface area contributed by atoms with Crippen LogP contribution >= 0.6 is 0 Å². The van der Waals surface area contributed by atoms with Crippen LogP contribution in [0.4, 0.5) is 0 Å². The molecule has 20 heavy (non-hydrogen) atoms. The lowest BCUT2D eigenvalue weighted by atomic mass is 10.0. The highest BCUT2D eigenvalue weighted by Crippen LogP contribution is 2.30. The van der Waals surface area contributed by atoms with Crippen molar-refractivity contribution in [3.63, 3.8) is 0 Å². The highest BCUT2D eigenvalue weighted by Gasteiger charge is 2.11. The second-order valence-corrected chi connectivity index (χ2v) is 4.99. The lowest BCUT2D eigenvalue weighted by Crippen LogP contribution is -2.16. The molecule has 1 aromatic heterocycles. The van der Waals surface area contributed by atoms with E-state index in [-0.39, 0.29) is 0 Å². The van der Waals surface area contributed by atoms with E-state index in [0.717, 1.165) is 19.5 Å². The van der Waals surface area contributed by atoms with Crippen molar-refractivity contribution >= 4 is 10.9 Å². The number of H-pyrrole nitrogens is 1. The first kappa shape index (κ1) is 12.9. The molecule has 0 amide bonds. The summed E-state index contributed by atoms with van der Waals surface area (Å²) in [5.74, 6) is 0. The Balaban J connectivity index is 2.08. The fraction of sp³-hybridized carbons (Fsp3) is 0.222. The summed E-state index contributed by atoms with van der Waals surface area (Å²) in [6.07, 6.45) is 1.04. The number of fused-ring (bicyclic) bond motifs is 1. The number of likely N-dealkylation sites (N-methyl/N-ethyl adjacent to an activating group) is 1. The standard InChI is InChI=1S/C18H20N2/c1-2-19-13-12-16-15-10-6-7-11-17(15)20-18(16)14-8-4-3-5-9-14/h3-11,19-20H,2,12-13H2,1H3. The molecule has 0 saturated heterocycles. The Kier molecular flexibility index (Phi) is 3.84. The van der Waals surface area contributed by atoms with Crippen LogP contribution in [0.15, 0.2) is 54.6 Å². The number of aromatic nitrogens is 1. The minimum atomic E-state index is 1.01. The maximum atomic E-state index is 3.58. The summed E-state index contributed by atoms with van der Waals surface area (Å²) in [5, 5.41) is 4.75. The van der Waals surface area contributed by atoms with Gasteiger partial charge in [-0.3, -0.25) is 0 Å². The highest BCUT2D eigenvalue weighted by atomic mass is 14.8. The Hall–Kier alpha value is -2.06. The first-order valence-electron chi connectivity index (χ1n) is 7.26. The SMILES string of the molecule is CCNCCc1c(-c2ccccc2)[nH]c2ccccc12. The van der Waals surface area contributed by atoms with Crippen LogP contribution in [0, 0.1) is 0 Å². The molecule has 1 heterocycles. The first-order chi connectivity index (χ1) is 9.90. The third kappa shape index (κ3) is 2.47. The monoisotopic (exact) mass is 264 g/mol. The van der Waals surface area contributed by atoms with Crippen molar-refractivity contribution in [2.24, 2.45) is 0 Å². The summed E-state index contributed by atoms with van der Waals surface area (Å²) in [5.41, 5.74) is 5.14. The molecule has 0 aliphatic rings. The number of hydrogen-bond donors (Lipinski definition) is 2. The fourth-order valence-electron chi connectivity index (χ4n) is 2.70. The topological polar surface area (TPSA) is 27.8 Å². The van der Waals surface area contributed by atoms with Crippen LogP contribution in [0.5, 0.6) is 0 Å². The number of hydrogen-bond acceptors (Lipinski definition) is 1. The van der Waals surface area contributed by atoms with Gasteiger partial charge in [0.1, 0.15) is 0 Å². The molecule has 0 aliphatic carbocycles. The van der Waals surface area contributed by atoms with Gasteiger partial charge in [-0.1, -0.05) is 55.5 Å². The smallest absolute Gasteiger partial charge is 0.0497 e. The highest BCUT2D eigenvalue weighted by molar-refractivity contribution is 5.90. The van der Waals surface area contributed by atoms with E-state index in [1.807, 2.05) is 0 Å². The van der Waals surface area contributed by atoms with Gasteiger partial charge in [0.05, 0.1) is 0 Å². The van der Waals surface area contributed by atoms with Crippen LogP contribution < -0.4 is 5.32 Å². The van der Waals surface area contributed by atoms with E-state index in [9.17, 15) is 0 Å². The Morgan fingerprint density at radius 3 is 2.50 bits per heavy atom. The summed E-state index contributed by atoms with van der Waals surface area (Å²) < 4.78 is 0. The first-order valence-corrected chi connectivity index (χ1v) is 7.26. The molecule has 2 aromatic carbocycles. The van der Waals surface area contributed by atoms with Crippen LogP contribution in [0.25, 0.3) is 22.2 Å². The Morgan fingerprint density at radius 1 is 0.950 bits per heavy atom. The zero-order valence-corrected chi connectivity index (χ0v) is 11.8. The fourth-order valence-corrected chi connectivity index (χ4v) is 2.70. The van der Waals surface area contributed by atoms with Crippen molar-refractivity contribution in [1.29, 1.82) is 0 Å². The molecular formula is C18H20N2. The van der Waals surface area contributed by atoms with Crippen molar-refractivity contribution < 1.29 is 0 Å². The van der Waals surface area contributed by atoms with Gasteiger partial charge in [-0.25, -0.2) is 0 Å². The molecule has 2 heteroatoms. The second-order valence-electron chi connectivity index (χ2n) is 4.99. The van der Waals surface area contributed by atoms with Gasteiger partial charge in [-0.05, 0) is 36.7 Å². The summed E-state index contributed by atoms with van der Waals surface area (Å²) in [7, 11) is 0. The van der Waals surface area contributed by atoms with E-state index >= 15 is 0 Å². The Bertz CT molecular complexity index is 683. The molecule has 3 aromatic rings. The third-order valence-corrected chi connectivity index (χ3v) is 3.68. The maximum Gasteiger partial charge on any atom is 0.0497 e. The summed E-state index contributed by atoms with van der Waals surface area (Å²) >= 11 is 0. The van der Waals surface area contributed by atoms with E-state index in [1.54, 1.807) is 0 Å². The number of aromatic amines is 1. The molecule has 0 unspecified atom stereocenters. The predicted molar refractivity (Wildman–Crippen MR) is 86.0 cm³/mol. The minimum Gasteiger partial charge on any atom is -0.354 e. The van der Waals surface area contributed by atoms with E-state index in [2.05, 4.69) is 71.8 Å². The molecule has 2 nitrogen and oxygen atoms in total. The van der Waals surface area contributed by atoms with Crippen LogP contribution in [-0.2, 0) is 6.42 Å². The number of nitrogens with one attached hydrogen (secondary N) is 2. The van der Waals surface area contributed by atoms with Crippen LogP contribution in [-0.4, -0.2) is 18.1 Å². The number of para-hydroxylation sites is 1. The van der Waals surface area contributed by atoms with Crippen molar-refractivity contribution in [2.75, 3.05) is 13.1 Å². The molecule has 0 aliphatic heterocycles. The zero-order valence-electron chi connectivity index (χ0n) is 11.8. The second kappa shape index (κ2) is 5.93. The molecule has 0 radical (unpaired) electrons. The molecular weight excluding hydrogens is 244 g/mol. The average molecular weight is 264 g/mol. The minimum absolute atomic E-state index is 1.01. The lowest BCUT2D eigenvalue weighted by molar-refractivity contribution is 0.719. The van der Waals surface area contributed by atoms with Gasteiger partial charge < -0.3 is 10.3 Å². The molecule has 0 saturated carbocycles. The van der Waals surface area contributed by atoms with Gasteiger partial charge in [0.25, 0.3) is 0 Å². The Morgan fingerprint density at radius 2 is 1.70 bits per heavy atom. The molecule has 0 atom stereocenters. The zero-order chi connectivity index (χ0) is 13.8. The molecule has 102 valence electrons. The van der Waals surface area contributed by atoms with Crippen molar-refractivity contribution in [3.8, 4) is 11.3 Å². The van der Waals surface area contributed by atoms with E-state index < -0.39 is 0 Å². The molecule has 0 fully saturated rings. The van der Waals surface area contributed by atoms with Gasteiger partial charge in [-0.15, -0.1) is 0 Å². The van der Waals surface area contributed by atoms with Crippen molar-refractivity contribution in [2.45, 2.75) is 13.3 Å². The predicted octanol–water partition coefficient (Wildman–Crippen LogP) is 3.99. The maximum absolute atomic E-state index is 3.58. The molecule has 0 bridgehead atoms. The van der Waals surface area contributed by atoms with E-state index in [0.29, 0.717) is 0 Å². The summed E-state index contributed by atoms with van der Waals surface area (Å²) in [6, 6.07) is 19.1. The van der Waals surface area contributed by atoms with Crippen LogP contribution in [0.1, 0.15) is 12.5 Å². The molecule has 0 spiro atoms. The normalized spacial score (nSPS) is 11.1. The van der Waals surface area contributed by atoms with Crippen LogP contribution in [0.3, 0.4) is 0 Å². The molecule has 2 N–H and O–H groups in total.